The second-order valence-corrected chi connectivity index (χ2v) is 9.32. The van der Waals surface area contributed by atoms with Crippen LogP contribution in [0.5, 0.6) is 0 Å². The van der Waals surface area contributed by atoms with Crippen molar-refractivity contribution in [1.82, 2.24) is 5.32 Å². The first-order valence-electron chi connectivity index (χ1n) is 7.85. The number of fused-ring (bicyclic) bond motifs is 1. The van der Waals surface area contributed by atoms with E-state index in [-0.39, 0.29) is 5.54 Å². The highest BCUT2D eigenvalue weighted by Gasteiger charge is 2.53. The zero-order valence-electron chi connectivity index (χ0n) is 12.9. The number of hydrogen-bond donors (Lipinski definition) is 1. The minimum Gasteiger partial charge on any atom is -0.312 e. The van der Waals surface area contributed by atoms with Gasteiger partial charge in [-0.05, 0) is 104 Å². The van der Waals surface area contributed by atoms with Crippen LogP contribution in [-0.2, 0) is 6.42 Å². The van der Waals surface area contributed by atoms with Crippen molar-refractivity contribution in [3.8, 4) is 0 Å². The highest BCUT2D eigenvalue weighted by Crippen LogP contribution is 2.60. The van der Waals surface area contributed by atoms with E-state index in [1.807, 2.05) is 0 Å². The van der Waals surface area contributed by atoms with Gasteiger partial charge in [-0.25, -0.2) is 0 Å². The van der Waals surface area contributed by atoms with Gasteiger partial charge >= 0.3 is 0 Å². The van der Waals surface area contributed by atoms with E-state index in [0.29, 0.717) is 5.41 Å². The molecule has 0 saturated heterocycles. The lowest BCUT2D eigenvalue weighted by molar-refractivity contribution is 0.222. The summed E-state index contributed by atoms with van der Waals surface area (Å²) in [7, 11) is 0. The Morgan fingerprint density at radius 2 is 1.75 bits per heavy atom. The average molecular weight is 383 g/mol. The summed E-state index contributed by atoms with van der Waals surface area (Å²) in [6, 6.07) is 9.14. The molecule has 2 saturated carbocycles. The molecule has 0 radical (unpaired) electrons. The fraction of sp³-hybridized carbons (Fsp3) is 0.667. The van der Waals surface area contributed by atoms with E-state index in [9.17, 15) is 0 Å². The highest BCUT2D eigenvalue weighted by atomic mass is 127. The van der Waals surface area contributed by atoms with Crippen molar-refractivity contribution < 1.29 is 0 Å². The first kappa shape index (κ1) is 14.8. The van der Waals surface area contributed by atoms with Crippen LogP contribution in [-0.4, -0.2) is 12.1 Å². The fourth-order valence-electron chi connectivity index (χ4n) is 3.85. The monoisotopic (exact) mass is 383 g/mol. The number of nitrogens with one attached hydrogen (secondary N) is 1. The molecule has 1 nitrogen and oxygen atoms in total. The topological polar surface area (TPSA) is 12.0 Å². The van der Waals surface area contributed by atoms with Crippen molar-refractivity contribution in [2.75, 3.05) is 6.54 Å². The molecular formula is C18H26IN. The van der Waals surface area contributed by atoms with Gasteiger partial charge in [0.15, 0.2) is 0 Å². The van der Waals surface area contributed by atoms with Crippen LogP contribution >= 0.6 is 22.6 Å². The van der Waals surface area contributed by atoms with E-state index in [4.69, 9.17) is 0 Å². The van der Waals surface area contributed by atoms with Gasteiger partial charge in [0.05, 0.1) is 0 Å². The zero-order chi connectivity index (χ0) is 14.4. The quantitative estimate of drug-likeness (QED) is 0.747. The van der Waals surface area contributed by atoms with Crippen molar-refractivity contribution in [1.29, 1.82) is 0 Å². The van der Waals surface area contributed by atoms with Crippen LogP contribution in [0, 0.1) is 20.8 Å². The molecule has 110 valence electrons. The summed E-state index contributed by atoms with van der Waals surface area (Å²) < 4.78 is 1.34. The number of halogens is 1. The molecule has 2 heteroatoms. The third-order valence-corrected chi connectivity index (χ3v) is 5.66. The molecule has 2 unspecified atom stereocenters. The Hall–Kier alpha value is -0.0900. The number of rotatable bonds is 4. The summed E-state index contributed by atoms with van der Waals surface area (Å²) in [6.45, 7) is 8.01. The fourth-order valence-corrected chi connectivity index (χ4v) is 4.20. The van der Waals surface area contributed by atoms with E-state index in [1.165, 1.54) is 41.4 Å². The van der Waals surface area contributed by atoms with Crippen LogP contribution in [0.4, 0.5) is 0 Å². The number of benzene rings is 1. The maximum atomic E-state index is 3.78. The van der Waals surface area contributed by atoms with Crippen LogP contribution in [0.3, 0.4) is 0 Å². The maximum absolute atomic E-state index is 3.78. The zero-order valence-corrected chi connectivity index (χ0v) is 15.0. The minimum absolute atomic E-state index is 0.228. The molecule has 20 heavy (non-hydrogen) atoms. The van der Waals surface area contributed by atoms with Gasteiger partial charge in [0, 0.05) is 15.7 Å². The van der Waals surface area contributed by atoms with Gasteiger partial charge in [0.25, 0.3) is 0 Å². The van der Waals surface area contributed by atoms with E-state index in [2.05, 4.69) is 72.9 Å². The first-order valence-corrected chi connectivity index (χ1v) is 8.93. The normalized spacial score (nSPS) is 32.2. The van der Waals surface area contributed by atoms with Gasteiger partial charge in [-0.2, -0.15) is 0 Å². The van der Waals surface area contributed by atoms with E-state index < -0.39 is 0 Å². The first-order chi connectivity index (χ1) is 9.35. The number of hydrogen-bond acceptors (Lipinski definition) is 1. The van der Waals surface area contributed by atoms with Gasteiger partial charge in [0.2, 0.25) is 0 Å². The Morgan fingerprint density at radius 1 is 1.15 bits per heavy atom. The summed E-state index contributed by atoms with van der Waals surface area (Å²) >= 11 is 2.39. The Labute approximate surface area is 137 Å². The predicted octanol–water partition coefficient (Wildman–Crippen LogP) is 4.64. The van der Waals surface area contributed by atoms with Crippen molar-refractivity contribution in [2.45, 2.75) is 52.0 Å². The molecule has 2 aliphatic carbocycles. The summed E-state index contributed by atoms with van der Waals surface area (Å²) in [5.41, 5.74) is 2.25. The van der Waals surface area contributed by atoms with Gasteiger partial charge in [0.1, 0.15) is 0 Å². The molecular weight excluding hydrogens is 357 g/mol. The molecule has 0 heterocycles. The van der Waals surface area contributed by atoms with Crippen LogP contribution in [0.1, 0.15) is 45.6 Å². The Kier molecular flexibility index (Phi) is 3.91. The molecule has 3 rings (SSSR count). The molecule has 0 bridgehead atoms. The second-order valence-electron chi connectivity index (χ2n) is 8.07. The van der Waals surface area contributed by atoms with Crippen LogP contribution in [0.15, 0.2) is 24.3 Å². The predicted molar refractivity (Wildman–Crippen MR) is 93.9 cm³/mol. The standard InChI is InChI=1S/C18H26IN/c1-17(2,3)20-12-18(10-14-8-15(14)11-18)9-13-4-6-16(19)7-5-13/h4-7,14-15,20H,8-12H2,1-3H3. The third-order valence-electron chi connectivity index (χ3n) is 4.95. The molecule has 0 aromatic heterocycles. The van der Waals surface area contributed by atoms with Crippen LogP contribution < -0.4 is 5.32 Å². The Balaban J connectivity index is 1.71. The Bertz CT molecular complexity index is 461. The van der Waals surface area contributed by atoms with E-state index >= 15 is 0 Å². The SMILES string of the molecule is CC(C)(C)NCC1(Cc2ccc(I)cc2)CC2CC2C1. The Morgan fingerprint density at radius 3 is 2.30 bits per heavy atom. The second kappa shape index (κ2) is 5.28. The summed E-state index contributed by atoms with van der Waals surface area (Å²) in [5.74, 6) is 2.08. The third kappa shape index (κ3) is 3.56. The van der Waals surface area contributed by atoms with Crippen molar-refractivity contribution >= 4 is 22.6 Å². The van der Waals surface area contributed by atoms with Crippen LogP contribution in [0.2, 0.25) is 0 Å². The minimum atomic E-state index is 0.228. The van der Waals surface area contributed by atoms with Crippen LogP contribution in [0.25, 0.3) is 0 Å². The molecule has 0 amide bonds. The van der Waals surface area contributed by atoms with Gasteiger partial charge in [-0.1, -0.05) is 12.1 Å². The summed E-state index contributed by atoms with van der Waals surface area (Å²) in [5, 5.41) is 3.78. The molecule has 0 aliphatic heterocycles. The maximum Gasteiger partial charge on any atom is 0.0130 e. The van der Waals surface area contributed by atoms with E-state index in [1.54, 1.807) is 0 Å². The van der Waals surface area contributed by atoms with Gasteiger partial charge in [-0.3, -0.25) is 0 Å². The summed E-state index contributed by atoms with van der Waals surface area (Å²) in [4.78, 5) is 0. The smallest absolute Gasteiger partial charge is 0.0130 e. The largest absolute Gasteiger partial charge is 0.312 e. The van der Waals surface area contributed by atoms with Crippen molar-refractivity contribution in [2.24, 2.45) is 17.3 Å². The highest BCUT2D eigenvalue weighted by molar-refractivity contribution is 14.1. The lowest BCUT2D eigenvalue weighted by Gasteiger charge is -2.35. The molecule has 1 aromatic carbocycles. The van der Waals surface area contributed by atoms with Crippen molar-refractivity contribution in [3.05, 3.63) is 33.4 Å². The summed E-state index contributed by atoms with van der Waals surface area (Å²) in [6.07, 6.45) is 5.63. The lowest BCUT2D eigenvalue weighted by Crippen LogP contribution is -2.44. The van der Waals surface area contributed by atoms with Gasteiger partial charge in [-0.15, -0.1) is 0 Å². The van der Waals surface area contributed by atoms with Crippen molar-refractivity contribution in [3.63, 3.8) is 0 Å². The van der Waals surface area contributed by atoms with Gasteiger partial charge < -0.3 is 5.32 Å². The molecule has 2 fully saturated rings. The average Bonchev–Trinajstić information content (AvgIpc) is 2.98. The molecule has 2 atom stereocenters. The van der Waals surface area contributed by atoms with E-state index in [0.717, 1.165) is 11.8 Å². The lowest BCUT2D eigenvalue weighted by atomic mass is 9.77. The molecule has 1 aromatic rings. The molecule has 2 aliphatic rings. The molecule has 1 N–H and O–H groups in total. The molecule has 0 spiro atoms.